The maximum atomic E-state index is 6.08. The molecule has 98 valence electrons. The summed E-state index contributed by atoms with van der Waals surface area (Å²) in [6.45, 7) is 0. The largest absolute Gasteiger partial charge is 0.497 e. The van der Waals surface area contributed by atoms with Crippen molar-refractivity contribution in [2.24, 2.45) is 9.98 Å². The fourth-order valence-corrected chi connectivity index (χ4v) is 3.09. The van der Waals surface area contributed by atoms with Gasteiger partial charge >= 0.3 is 0 Å². The molecule has 0 fully saturated rings. The summed E-state index contributed by atoms with van der Waals surface area (Å²) in [6.07, 6.45) is 3.54. The molecule has 2 atom stereocenters. The molecule has 0 aromatic heterocycles. The Kier molecular flexibility index (Phi) is 3.33. The second-order valence-corrected chi connectivity index (χ2v) is 5.47. The van der Waals surface area contributed by atoms with E-state index in [-0.39, 0.29) is 11.0 Å². The minimum atomic E-state index is -0.0446. The van der Waals surface area contributed by atoms with Crippen LogP contribution in [0.1, 0.15) is 11.6 Å². The number of fused-ring (bicyclic) bond motifs is 1. The van der Waals surface area contributed by atoms with E-state index >= 15 is 0 Å². The van der Waals surface area contributed by atoms with Crippen LogP contribution in [0.5, 0.6) is 5.75 Å². The summed E-state index contributed by atoms with van der Waals surface area (Å²) in [5.74, 6) is 1.51. The van der Waals surface area contributed by atoms with E-state index in [1.807, 2.05) is 35.4 Å². The molecular weight excluding hydrogens is 330 g/mol. The molecule has 3 rings (SSSR count). The molecular formula is C13H11BrClN3O. The summed E-state index contributed by atoms with van der Waals surface area (Å²) >= 11 is 9.74. The Hall–Kier alpha value is -1.33. The number of methoxy groups -OCH3 is 1. The van der Waals surface area contributed by atoms with Gasteiger partial charge in [-0.25, -0.2) is 4.99 Å². The summed E-state index contributed by atoms with van der Waals surface area (Å²) in [4.78, 5) is 10.7. The van der Waals surface area contributed by atoms with E-state index in [1.165, 1.54) is 0 Å². The van der Waals surface area contributed by atoms with Gasteiger partial charge in [0.2, 0.25) is 0 Å². The number of aliphatic imine (C=N–C) groups is 2. The number of alkyl halides is 1. The van der Waals surface area contributed by atoms with Crippen molar-refractivity contribution in [3.63, 3.8) is 0 Å². The zero-order valence-electron chi connectivity index (χ0n) is 10.1. The van der Waals surface area contributed by atoms with E-state index in [1.54, 1.807) is 13.3 Å². The number of rotatable bonds is 2. The lowest BCUT2D eigenvalue weighted by Gasteiger charge is -2.23. The van der Waals surface area contributed by atoms with Crippen LogP contribution < -0.4 is 4.74 Å². The van der Waals surface area contributed by atoms with Crippen molar-refractivity contribution in [2.75, 3.05) is 7.11 Å². The van der Waals surface area contributed by atoms with Gasteiger partial charge in [-0.05, 0) is 17.7 Å². The van der Waals surface area contributed by atoms with Crippen molar-refractivity contribution >= 4 is 38.5 Å². The quantitative estimate of drug-likeness (QED) is 0.612. The highest BCUT2D eigenvalue weighted by Gasteiger charge is 2.37. The summed E-state index contributed by atoms with van der Waals surface area (Å²) in [5.41, 5.74) is 1.07. The molecule has 6 heteroatoms. The van der Waals surface area contributed by atoms with Crippen molar-refractivity contribution in [1.82, 2.24) is 4.90 Å². The number of nitrogens with zero attached hydrogens (tertiary/aromatic N) is 3. The molecule has 2 aliphatic rings. The van der Waals surface area contributed by atoms with Gasteiger partial charge in [-0.1, -0.05) is 39.7 Å². The average Bonchev–Trinajstić information content (AvgIpc) is 2.78. The molecule has 0 amide bonds. The van der Waals surface area contributed by atoms with Gasteiger partial charge in [0.15, 0.2) is 11.0 Å². The Labute approximate surface area is 124 Å². The van der Waals surface area contributed by atoms with Crippen molar-refractivity contribution < 1.29 is 4.74 Å². The third-order valence-electron chi connectivity index (χ3n) is 3.07. The molecule has 1 aromatic rings. The lowest BCUT2D eigenvalue weighted by Crippen LogP contribution is -2.33. The van der Waals surface area contributed by atoms with Crippen LogP contribution in [-0.4, -0.2) is 28.0 Å². The van der Waals surface area contributed by atoms with Crippen molar-refractivity contribution in [3.8, 4) is 5.75 Å². The van der Waals surface area contributed by atoms with Crippen LogP contribution in [0.25, 0.3) is 0 Å². The molecule has 2 aliphatic heterocycles. The summed E-state index contributed by atoms with van der Waals surface area (Å²) < 4.78 is 5.25. The molecule has 2 heterocycles. The maximum absolute atomic E-state index is 6.08. The molecule has 0 spiro atoms. The predicted octanol–water partition coefficient (Wildman–Crippen LogP) is 3.29. The standard InChI is InChI=1S/C13H11BrClN3O/c1-19-9-4-2-3-8(7-9)10-11(14)18-6-5-16-12(15)13(18)17-10/h2-7,10-11H,1H3. The molecule has 19 heavy (non-hydrogen) atoms. The van der Waals surface area contributed by atoms with Crippen LogP contribution in [-0.2, 0) is 0 Å². The third kappa shape index (κ3) is 2.17. The monoisotopic (exact) mass is 339 g/mol. The zero-order valence-corrected chi connectivity index (χ0v) is 12.5. The molecule has 1 aromatic carbocycles. The lowest BCUT2D eigenvalue weighted by molar-refractivity contribution is 0.413. The fourth-order valence-electron chi connectivity index (χ4n) is 2.13. The van der Waals surface area contributed by atoms with E-state index in [0.29, 0.717) is 11.0 Å². The molecule has 0 radical (unpaired) electrons. The van der Waals surface area contributed by atoms with E-state index in [4.69, 9.17) is 16.3 Å². The van der Waals surface area contributed by atoms with E-state index in [9.17, 15) is 0 Å². The van der Waals surface area contributed by atoms with E-state index in [0.717, 1.165) is 11.3 Å². The second-order valence-electron chi connectivity index (χ2n) is 4.17. The zero-order chi connectivity index (χ0) is 13.4. The number of benzene rings is 1. The highest BCUT2D eigenvalue weighted by molar-refractivity contribution is 9.09. The molecule has 4 nitrogen and oxygen atoms in total. The minimum Gasteiger partial charge on any atom is -0.497 e. The third-order valence-corrected chi connectivity index (χ3v) is 4.28. The molecule has 2 unspecified atom stereocenters. The second kappa shape index (κ2) is 4.98. The Morgan fingerprint density at radius 3 is 3.00 bits per heavy atom. The first-order valence-electron chi connectivity index (χ1n) is 5.75. The maximum Gasteiger partial charge on any atom is 0.171 e. The summed E-state index contributed by atoms with van der Waals surface area (Å²) in [5, 5.41) is 0.414. The Balaban J connectivity index is 1.98. The normalized spacial score (nSPS) is 24.9. The topological polar surface area (TPSA) is 37.2 Å². The van der Waals surface area contributed by atoms with Gasteiger partial charge < -0.3 is 9.64 Å². The number of halogens is 2. The Morgan fingerprint density at radius 2 is 2.26 bits per heavy atom. The lowest BCUT2D eigenvalue weighted by atomic mass is 10.1. The smallest absolute Gasteiger partial charge is 0.171 e. The van der Waals surface area contributed by atoms with Gasteiger partial charge in [-0.3, -0.25) is 4.99 Å². The molecule has 0 saturated carbocycles. The highest BCUT2D eigenvalue weighted by atomic mass is 79.9. The molecule has 0 aliphatic carbocycles. The fraction of sp³-hybridized carbons (Fsp3) is 0.231. The van der Waals surface area contributed by atoms with Gasteiger partial charge in [0.05, 0.1) is 7.11 Å². The number of amidine groups is 1. The molecule has 0 N–H and O–H groups in total. The highest BCUT2D eigenvalue weighted by Crippen LogP contribution is 2.37. The summed E-state index contributed by atoms with van der Waals surface area (Å²) in [6, 6.07) is 7.83. The van der Waals surface area contributed by atoms with Crippen LogP contribution in [0.2, 0.25) is 0 Å². The van der Waals surface area contributed by atoms with Gasteiger partial charge in [0, 0.05) is 12.4 Å². The van der Waals surface area contributed by atoms with Crippen LogP contribution in [0, 0.1) is 0 Å². The van der Waals surface area contributed by atoms with E-state index in [2.05, 4.69) is 25.9 Å². The number of hydrogen-bond acceptors (Lipinski definition) is 4. The first kappa shape index (κ1) is 12.7. The van der Waals surface area contributed by atoms with Crippen molar-refractivity contribution in [3.05, 3.63) is 42.2 Å². The Morgan fingerprint density at radius 1 is 1.42 bits per heavy atom. The van der Waals surface area contributed by atoms with Gasteiger partial charge in [0.1, 0.15) is 16.7 Å². The molecule has 0 bridgehead atoms. The predicted molar refractivity (Wildman–Crippen MR) is 80.2 cm³/mol. The molecule has 0 saturated heterocycles. The van der Waals surface area contributed by atoms with Crippen molar-refractivity contribution in [2.45, 2.75) is 11.0 Å². The van der Waals surface area contributed by atoms with Crippen LogP contribution in [0.4, 0.5) is 0 Å². The first-order valence-corrected chi connectivity index (χ1v) is 7.04. The number of ether oxygens (including phenoxy) is 1. The minimum absolute atomic E-state index is 0.0232. The van der Waals surface area contributed by atoms with Gasteiger partial charge in [0.25, 0.3) is 0 Å². The Bertz CT molecular complexity index is 599. The van der Waals surface area contributed by atoms with Gasteiger partial charge in [-0.2, -0.15) is 0 Å². The van der Waals surface area contributed by atoms with Crippen LogP contribution in [0.3, 0.4) is 0 Å². The van der Waals surface area contributed by atoms with E-state index < -0.39 is 0 Å². The van der Waals surface area contributed by atoms with Crippen molar-refractivity contribution in [1.29, 1.82) is 0 Å². The van der Waals surface area contributed by atoms with Crippen LogP contribution in [0.15, 0.2) is 46.7 Å². The summed E-state index contributed by atoms with van der Waals surface area (Å²) in [7, 11) is 1.65. The van der Waals surface area contributed by atoms with Crippen LogP contribution >= 0.6 is 27.5 Å². The SMILES string of the molecule is COc1cccc(C2N=C3C(Cl)=NC=CN3C2Br)c1. The number of hydrogen-bond donors (Lipinski definition) is 0. The van der Waals surface area contributed by atoms with Gasteiger partial charge in [-0.15, -0.1) is 0 Å². The average molecular weight is 341 g/mol. The first-order chi connectivity index (χ1) is 9.20.